The average molecular weight is 385 g/mol. The number of esters is 1. The molecule has 2 heterocycles. The van der Waals surface area contributed by atoms with Gasteiger partial charge in [0.05, 0.1) is 20.3 Å². The number of nitrogens with one attached hydrogen (secondary N) is 1. The van der Waals surface area contributed by atoms with Gasteiger partial charge in [0.1, 0.15) is 28.3 Å². The number of carbonyl (C=O) groups excluding carboxylic acids is 1. The van der Waals surface area contributed by atoms with Crippen molar-refractivity contribution in [2.24, 2.45) is 0 Å². The molecule has 1 N–H and O–H groups in total. The Morgan fingerprint density at radius 2 is 2.04 bits per heavy atom. The lowest BCUT2D eigenvalue weighted by molar-refractivity contribution is 0.0526. The molecule has 0 fully saturated rings. The summed E-state index contributed by atoms with van der Waals surface area (Å²) < 4.78 is 15.9. The molecule has 0 aliphatic carbocycles. The van der Waals surface area contributed by atoms with Crippen molar-refractivity contribution in [1.29, 1.82) is 0 Å². The molecule has 3 rings (SSSR count). The third-order valence-corrected chi connectivity index (χ3v) is 4.32. The molecular formula is C20H23N3O5. The van der Waals surface area contributed by atoms with Gasteiger partial charge in [-0.05, 0) is 27.0 Å². The van der Waals surface area contributed by atoms with E-state index >= 15 is 0 Å². The topological polar surface area (TPSA) is 97.7 Å². The van der Waals surface area contributed by atoms with E-state index in [1.54, 1.807) is 21.0 Å². The second kappa shape index (κ2) is 8.26. The van der Waals surface area contributed by atoms with E-state index < -0.39 is 11.5 Å². The summed E-state index contributed by atoms with van der Waals surface area (Å²) in [5.74, 6) is 0.962. The van der Waals surface area contributed by atoms with Crippen LogP contribution in [0.1, 0.15) is 34.4 Å². The molecule has 8 heteroatoms. The lowest BCUT2D eigenvalue weighted by Crippen LogP contribution is -2.22. The predicted molar refractivity (Wildman–Crippen MR) is 103 cm³/mol. The molecule has 0 bridgehead atoms. The van der Waals surface area contributed by atoms with Gasteiger partial charge in [-0.3, -0.25) is 9.69 Å². The maximum Gasteiger partial charge on any atom is 0.342 e. The molecule has 0 saturated carbocycles. The Bertz CT molecular complexity index is 1050. The second-order valence-electron chi connectivity index (χ2n) is 6.43. The summed E-state index contributed by atoms with van der Waals surface area (Å²) in [6, 6.07) is 7.74. The van der Waals surface area contributed by atoms with E-state index in [9.17, 15) is 9.59 Å². The molecule has 3 aromatic rings. The van der Waals surface area contributed by atoms with Crippen molar-refractivity contribution in [2.45, 2.75) is 26.9 Å². The van der Waals surface area contributed by atoms with Gasteiger partial charge in [0.25, 0.3) is 5.56 Å². The maximum absolute atomic E-state index is 12.6. The van der Waals surface area contributed by atoms with E-state index in [1.807, 2.05) is 36.2 Å². The van der Waals surface area contributed by atoms with Crippen molar-refractivity contribution in [3.8, 4) is 5.75 Å². The minimum atomic E-state index is -0.591. The summed E-state index contributed by atoms with van der Waals surface area (Å²) in [5.41, 5.74) is 0.851. The van der Waals surface area contributed by atoms with Gasteiger partial charge >= 0.3 is 5.97 Å². The molecule has 0 spiro atoms. The van der Waals surface area contributed by atoms with Crippen molar-refractivity contribution in [3.63, 3.8) is 0 Å². The summed E-state index contributed by atoms with van der Waals surface area (Å²) in [5, 5.41) is 0.118. The second-order valence-corrected chi connectivity index (χ2v) is 6.43. The molecule has 0 aliphatic heterocycles. The fraction of sp³-hybridized carbons (Fsp3) is 0.350. The van der Waals surface area contributed by atoms with Crippen LogP contribution in [-0.2, 0) is 17.8 Å². The predicted octanol–water partition coefficient (Wildman–Crippen LogP) is 2.64. The van der Waals surface area contributed by atoms with E-state index in [-0.39, 0.29) is 23.3 Å². The number of methoxy groups -OCH3 is 1. The first-order chi connectivity index (χ1) is 13.4. The smallest absolute Gasteiger partial charge is 0.342 e. The molecule has 0 radical (unpaired) electrons. The molecule has 0 unspecified atom stereocenters. The number of para-hydroxylation sites is 1. The van der Waals surface area contributed by atoms with Crippen LogP contribution in [0.5, 0.6) is 5.75 Å². The molecule has 0 aliphatic rings. The molecule has 2 aromatic heterocycles. The minimum absolute atomic E-state index is 0.118. The monoisotopic (exact) mass is 385 g/mol. The highest BCUT2D eigenvalue weighted by atomic mass is 16.5. The Kier molecular flexibility index (Phi) is 5.79. The lowest BCUT2D eigenvalue weighted by atomic mass is 10.2. The third-order valence-electron chi connectivity index (χ3n) is 4.32. The third kappa shape index (κ3) is 3.91. The molecule has 0 amide bonds. The van der Waals surface area contributed by atoms with Crippen LogP contribution in [0.2, 0.25) is 0 Å². The Hall–Kier alpha value is -3.13. The highest BCUT2D eigenvalue weighted by Crippen LogP contribution is 2.23. The van der Waals surface area contributed by atoms with Crippen molar-refractivity contribution in [1.82, 2.24) is 14.9 Å². The van der Waals surface area contributed by atoms with Crippen LogP contribution >= 0.6 is 0 Å². The number of hydrogen-bond acceptors (Lipinski definition) is 7. The summed E-state index contributed by atoms with van der Waals surface area (Å²) in [6.07, 6.45) is 0. The first kappa shape index (κ1) is 19.6. The highest BCUT2D eigenvalue weighted by molar-refractivity contribution is 6.03. The molecule has 0 atom stereocenters. The summed E-state index contributed by atoms with van der Waals surface area (Å²) >= 11 is 0. The number of ether oxygens (including phenoxy) is 2. The van der Waals surface area contributed by atoms with Crippen molar-refractivity contribution in [2.75, 3.05) is 20.8 Å². The molecular weight excluding hydrogens is 362 g/mol. The van der Waals surface area contributed by atoms with Crippen LogP contribution in [0.25, 0.3) is 11.1 Å². The van der Waals surface area contributed by atoms with Crippen molar-refractivity contribution in [3.05, 3.63) is 57.3 Å². The summed E-state index contributed by atoms with van der Waals surface area (Å²) in [4.78, 5) is 33.8. The standard InChI is InChI=1S/C20H23N3O5/c1-5-27-20(25)16-12(2)28-19-17(16)18(24)21-15(22-19)11-23(3)10-13-8-6-7-9-14(13)26-4/h6-9H,5,10-11H2,1-4H3,(H,21,22,24). The van der Waals surface area contributed by atoms with Crippen molar-refractivity contribution < 1.29 is 18.7 Å². The Morgan fingerprint density at radius 1 is 1.29 bits per heavy atom. The van der Waals surface area contributed by atoms with Crippen LogP contribution in [0.15, 0.2) is 33.5 Å². The van der Waals surface area contributed by atoms with Gasteiger partial charge in [-0.1, -0.05) is 18.2 Å². The number of rotatable bonds is 7. The zero-order valence-electron chi connectivity index (χ0n) is 16.4. The Morgan fingerprint density at radius 3 is 2.75 bits per heavy atom. The zero-order valence-corrected chi connectivity index (χ0v) is 16.4. The number of benzene rings is 1. The fourth-order valence-corrected chi connectivity index (χ4v) is 3.12. The quantitative estimate of drug-likeness (QED) is 0.624. The van der Waals surface area contributed by atoms with E-state index in [1.165, 1.54) is 0 Å². The Balaban J connectivity index is 1.86. The first-order valence-corrected chi connectivity index (χ1v) is 8.94. The number of aryl methyl sites for hydroxylation is 1. The van der Waals surface area contributed by atoms with Gasteiger partial charge in [-0.15, -0.1) is 0 Å². The highest BCUT2D eigenvalue weighted by Gasteiger charge is 2.23. The van der Waals surface area contributed by atoms with Gasteiger partial charge < -0.3 is 18.9 Å². The van der Waals surface area contributed by atoms with Crippen LogP contribution in [-0.4, -0.2) is 41.6 Å². The number of hydrogen-bond donors (Lipinski definition) is 1. The van der Waals surface area contributed by atoms with Crippen molar-refractivity contribution >= 4 is 17.1 Å². The van der Waals surface area contributed by atoms with Crippen LogP contribution < -0.4 is 10.3 Å². The molecule has 8 nitrogen and oxygen atoms in total. The normalized spacial score (nSPS) is 11.2. The molecule has 148 valence electrons. The average Bonchev–Trinajstić information content (AvgIpc) is 2.98. The van der Waals surface area contributed by atoms with E-state index in [4.69, 9.17) is 13.9 Å². The van der Waals surface area contributed by atoms with Gasteiger partial charge in [-0.2, -0.15) is 4.98 Å². The first-order valence-electron chi connectivity index (χ1n) is 8.94. The van der Waals surface area contributed by atoms with Gasteiger partial charge in [-0.25, -0.2) is 4.79 Å². The molecule has 28 heavy (non-hydrogen) atoms. The fourth-order valence-electron chi connectivity index (χ4n) is 3.12. The van der Waals surface area contributed by atoms with Crippen LogP contribution in [0, 0.1) is 6.92 Å². The lowest BCUT2D eigenvalue weighted by Gasteiger charge is -2.17. The van der Waals surface area contributed by atoms with Gasteiger partial charge in [0.2, 0.25) is 5.71 Å². The number of aromatic nitrogens is 2. The number of nitrogens with zero attached hydrogens (tertiary/aromatic N) is 2. The number of aromatic amines is 1. The number of fused-ring (bicyclic) bond motifs is 1. The van der Waals surface area contributed by atoms with Gasteiger partial charge in [0.15, 0.2) is 0 Å². The number of H-pyrrole nitrogens is 1. The Labute approximate surface area is 162 Å². The van der Waals surface area contributed by atoms with E-state index in [0.717, 1.165) is 11.3 Å². The summed E-state index contributed by atoms with van der Waals surface area (Å²) in [7, 11) is 3.54. The zero-order chi connectivity index (χ0) is 20.3. The minimum Gasteiger partial charge on any atom is -0.496 e. The number of carbonyl (C=O) groups is 1. The largest absolute Gasteiger partial charge is 0.496 e. The van der Waals surface area contributed by atoms with E-state index in [2.05, 4.69) is 9.97 Å². The van der Waals surface area contributed by atoms with E-state index in [0.29, 0.717) is 24.7 Å². The number of furan rings is 1. The maximum atomic E-state index is 12.6. The molecule has 0 saturated heterocycles. The van der Waals surface area contributed by atoms with Gasteiger partial charge in [0, 0.05) is 12.1 Å². The molecule has 1 aromatic carbocycles. The summed E-state index contributed by atoms with van der Waals surface area (Å²) in [6.45, 7) is 4.52. The van der Waals surface area contributed by atoms with Crippen LogP contribution in [0.3, 0.4) is 0 Å². The SMILES string of the molecule is CCOC(=O)c1c(C)oc2nc(CN(C)Cc3ccccc3OC)[nH]c(=O)c12. The van der Waals surface area contributed by atoms with Crippen LogP contribution in [0.4, 0.5) is 0 Å².